The molecule has 0 aliphatic rings. The van der Waals surface area contributed by atoms with Crippen molar-refractivity contribution in [1.82, 2.24) is 39.8 Å². The van der Waals surface area contributed by atoms with Gasteiger partial charge < -0.3 is 4.74 Å². The van der Waals surface area contributed by atoms with Crippen LogP contribution in [0, 0.1) is 6.92 Å². The predicted molar refractivity (Wildman–Crippen MR) is 71.0 cm³/mol. The van der Waals surface area contributed by atoms with Crippen LogP contribution in [0.15, 0.2) is 17.1 Å². The highest BCUT2D eigenvalue weighted by Crippen LogP contribution is 2.18. The van der Waals surface area contributed by atoms with E-state index in [-0.39, 0.29) is 12.3 Å². The zero-order chi connectivity index (χ0) is 15.9. The van der Waals surface area contributed by atoms with Crippen molar-refractivity contribution in [2.75, 3.05) is 0 Å². The van der Waals surface area contributed by atoms with E-state index in [1.165, 1.54) is 17.9 Å². The Hall–Kier alpha value is -2.91. The molecule has 3 aromatic heterocycles. The highest BCUT2D eigenvalue weighted by Gasteiger charge is 2.19. The summed E-state index contributed by atoms with van der Waals surface area (Å²) in [5.41, 5.74) is 1.03. The molecule has 0 fully saturated rings. The number of hydrogen-bond donors (Lipinski definition) is 1. The first-order valence-electron chi connectivity index (χ1n) is 6.61. The van der Waals surface area contributed by atoms with Crippen LogP contribution < -0.4 is 10.4 Å². The second-order valence-corrected chi connectivity index (χ2v) is 4.47. The Bertz CT molecular complexity index is 873. The molecule has 0 saturated heterocycles. The number of rotatable bonds is 4. The van der Waals surface area contributed by atoms with E-state index in [1.54, 1.807) is 17.8 Å². The van der Waals surface area contributed by atoms with Gasteiger partial charge in [-0.2, -0.15) is 9.78 Å². The minimum Gasteiger partial charge on any atom is -0.472 e. The van der Waals surface area contributed by atoms with Crippen LogP contribution in [0.25, 0.3) is 5.82 Å². The van der Waals surface area contributed by atoms with Crippen molar-refractivity contribution in [3.8, 4) is 11.7 Å². The fourth-order valence-corrected chi connectivity index (χ4v) is 2.01. The fourth-order valence-electron chi connectivity index (χ4n) is 2.01. The van der Waals surface area contributed by atoms with Gasteiger partial charge in [0.25, 0.3) is 0 Å². The van der Waals surface area contributed by atoms with Crippen molar-refractivity contribution in [2.45, 2.75) is 13.5 Å². The maximum atomic E-state index is 12.0. The first kappa shape index (κ1) is 11.9. The van der Waals surface area contributed by atoms with Gasteiger partial charge in [-0.1, -0.05) is 0 Å². The monoisotopic (exact) mass is 292 g/mol. The number of nitrogens with zero attached hydrogens (tertiary/aromatic N) is 7. The Morgan fingerprint density at radius 3 is 2.81 bits per heavy atom. The van der Waals surface area contributed by atoms with Crippen LogP contribution in [0.3, 0.4) is 0 Å². The molecule has 3 heterocycles. The van der Waals surface area contributed by atoms with Crippen molar-refractivity contribution in [1.29, 1.82) is 0 Å². The molecule has 3 aromatic rings. The van der Waals surface area contributed by atoms with E-state index < -0.39 is 0 Å². The summed E-state index contributed by atoms with van der Waals surface area (Å²) in [7, 11) is 3.23. The molecule has 1 N–H and O–H groups in total. The minimum atomic E-state index is -0.375. The van der Waals surface area contributed by atoms with Crippen LogP contribution in [-0.2, 0) is 20.7 Å². The molecule has 0 unspecified atom stereocenters. The maximum Gasteiger partial charge on any atom is 0.369 e. The summed E-state index contributed by atoms with van der Waals surface area (Å²) >= 11 is 0. The number of ether oxygens (including phenoxy) is 1. The lowest BCUT2D eigenvalue weighted by Crippen LogP contribution is -2.24. The molecule has 0 bridgehead atoms. The normalized spacial score (nSPS) is 11.7. The van der Waals surface area contributed by atoms with Gasteiger partial charge in [0.1, 0.15) is 6.61 Å². The van der Waals surface area contributed by atoms with Gasteiger partial charge in [0, 0.05) is 26.4 Å². The van der Waals surface area contributed by atoms with Crippen molar-refractivity contribution < 1.29 is 6.15 Å². The molecule has 0 aliphatic carbocycles. The van der Waals surface area contributed by atoms with E-state index >= 15 is 0 Å². The Morgan fingerprint density at radius 2 is 2.19 bits per heavy atom. The van der Waals surface area contributed by atoms with Crippen molar-refractivity contribution in [3.63, 3.8) is 0 Å². The average molecular weight is 292 g/mol. The third-order valence-corrected chi connectivity index (χ3v) is 3.04. The molecular weight excluding hydrogens is 276 g/mol. The van der Waals surface area contributed by atoms with Gasteiger partial charge in [-0.25, -0.2) is 4.79 Å². The summed E-state index contributed by atoms with van der Waals surface area (Å²) in [6.45, 7) is 1.96. The molecule has 0 spiro atoms. The van der Waals surface area contributed by atoms with E-state index in [0.29, 0.717) is 23.0 Å². The summed E-state index contributed by atoms with van der Waals surface area (Å²) in [6, 6.07) is 1.58. The van der Waals surface area contributed by atoms with Crippen LogP contribution in [0.2, 0.25) is 1.41 Å². The standard InChI is InChI=1S/C11H14N8O2/c1-7-8(6-21-9-4-5-12-13-9)10(17(2)14-7)19-11(20)18(3)15-16-19/h4-5H,6H2,1-3H3,(H,12,13)/i/hT. The van der Waals surface area contributed by atoms with Gasteiger partial charge in [0.05, 0.1) is 11.3 Å². The summed E-state index contributed by atoms with van der Waals surface area (Å²) in [6.07, 6.45) is 1.46. The predicted octanol–water partition coefficient (Wildman–Crippen LogP) is -0.690. The Kier molecular flexibility index (Phi) is 2.76. The zero-order valence-corrected chi connectivity index (χ0v) is 11.8. The number of tetrazole rings is 1. The Labute approximate surface area is 120 Å². The number of hydrogen-bond acceptors (Lipinski definition) is 6. The van der Waals surface area contributed by atoms with Crippen LogP contribution in [0.5, 0.6) is 5.88 Å². The number of aryl methyl sites for hydroxylation is 3. The number of aromatic amines is 1. The number of aromatic nitrogens is 8. The van der Waals surface area contributed by atoms with Crippen molar-refractivity contribution in [2.24, 2.45) is 14.1 Å². The summed E-state index contributed by atoms with van der Waals surface area (Å²) in [4.78, 5) is 12.0. The third-order valence-electron chi connectivity index (χ3n) is 3.04. The lowest BCUT2D eigenvalue weighted by Gasteiger charge is -2.05. The van der Waals surface area contributed by atoms with E-state index in [1.807, 2.05) is 6.92 Å². The molecular formula is C11H14N8O2. The van der Waals surface area contributed by atoms with Crippen LogP contribution in [0.4, 0.5) is 0 Å². The summed E-state index contributed by atoms with van der Waals surface area (Å²) in [5.74, 6) is 0.802. The van der Waals surface area contributed by atoms with Gasteiger partial charge in [-0.05, 0) is 17.4 Å². The molecule has 110 valence electrons. The molecule has 10 nitrogen and oxygen atoms in total. The van der Waals surface area contributed by atoms with Crippen LogP contribution >= 0.6 is 0 Å². The number of H-pyrrole nitrogens is 1. The maximum absolute atomic E-state index is 12.0. The lowest BCUT2D eigenvalue weighted by molar-refractivity contribution is 0.292. The molecule has 21 heavy (non-hydrogen) atoms. The van der Waals surface area contributed by atoms with Gasteiger partial charge in [0.2, 0.25) is 5.88 Å². The lowest BCUT2D eigenvalue weighted by atomic mass is 10.2. The van der Waals surface area contributed by atoms with Gasteiger partial charge in [-0.15, -0.1) is 9.78 Å². The second-order valence-electron chi connectivity index (χ2n) is 4.47. The highest BCUT2D eigenvalue weighted by atomic mass is 16.5. The quantitative estimate of drug-likeness (QED) is 0.682. The zero-order valence-electron chi connectivity index (χ0n) is 12.8. The van der Waals surface area contributed by atoms with E-state index in [0.717, 1.165) is 9.77 Å². The average Bonchev–Trinajstić information content (AvgIpc) is 3.09. The topological polar surface area (TPSA) is 108 Å². The smallest absolute Gasteiger partial charge is 0.369 e. The van der Waals surface area contributed by atoms with E-state index in [4.69, 9.17) is 6.15 Å². The van der Waals surface area contributed by atoms with Crippen molar-refractivity contribution >= 4 is 0 Å². The second kappa shape index (κ2) is 4.89. The fraction of sp³-hybridized carbons (Fsp3) is 0.364. The minimum absolute atomic E-state index is 0.148. The molecule has 0 amide bonds. The van der Waals surface area contributed by atoms with Crippen molar-refractivity contribution in [3.05, 3.63) is 34.0 Å². The van der Waals surface area contributed by atoms with Crippen LogP contribution in [-0.4, -0.2) is 39.8 Å². The molecule has 0 saturated carbocycles. The largest absolute Gasteiger partial charge is 0.472 e. The highest BCUT2D eigenvalue weighted by molar-refractivity contribution is 5.36. The Balaban J connectivity index is 1.97. The first-order valence-corrected chi connectivity index (χ1v) is 6.17. The molecule has 3 rings (SSSR count). The third kappa shape index (κ3) is 2.20. The Morgan fingerprint density at radius 1 is 1.38 bits per heavy atom. The molecule has 0 aromatic carbocycles. The molecule has 10 heteroatoms. The van der Waals surface area contributed by atoms with Gasteiger partial charge in [0.15, 0.2) is 7.23 Å². The summed E-state index contributed by atoms with van der Waals surface area (Å²) in [5, 5.41) is 16.5. The van der Waals surface area contributed by atoms with Gasteiger partial charge >= 0.3 is 5.69 Å². The molecule has 0 aliphatic heterocycles. The van der Waals surface area contributed by atoms with Crippen LogP contribution in [0.1, 0.15) is 11.3 Å². The van der Waals surface area contributed by atoms with E-state index in [9.17, 15) is 4.79 Å². The first-order chi connectivity index (χ1) is 10.5. The SMILES string of the molecule is [3H]n1ccc(OCc2c(C)nn(C)c2-n2nnn(C)c2=O)n1. The van der Waals surface area contributed by atoms with Gasteiger partial charge in [-0.3, -0.25) is 9.77 Å². The number of nitrogens with one attached hydrogen (secondary N) is 1. The molecule has 0 radical (unpaired) electrons. The van der Waals surface area contributed by atoms with E-state index in [2.05, 4.69) is 20.6 Å². The summed E-state index contributed by atoms with van der Waals surface area (Å²) < 4.78 is 16.7. The molecule has 0 atom stereocenters.